The number of primary amides is 1. The molecule has 0 aromatic carbocycles. The number of aromatic nitrogens is 2. The molecule has 4 heteroatoms. The lowest BCUT2D eigenvalue weighted by Crippen LogP contribution is -2.13. The summed E-state index contributed by atoms with van der Waals surface area (Å²) in [6, 6.07) is 5.40. The van der Waals surface area contributed by atoms with Crippen LogP contribution in [0.1, 0.15) is 10.5 Å². The van der Waals surface area contributed by atoms with Crippen LogP contribution < -0.4 is 5.73 Å². The highest BCUT2D eigenvalue weighted by molar-refractivity contribution is 5.93. The molecule has 2 rings (SSSR count). The molecule has 0 radical (unpaired) electrons. The summed E-state index contributed by atoms with van der Waals surface area (Å²) >= 11 is 0. The molecule has 0 atom stereocenters. The minimum atomic E-state index is -0.497. The fraction of sp³-hybridized carbons (Fsp3) is 0.111. The van der Waals surface area contributed by atoms with Crippen LogP contribution in [0.3, 0.4) is 0 Å². The third-order valence-electron chi connectivity index (χ3n) is 1.97. The van der Waals surface area contributed by atoms with Gasteiger partial charge < -0.3 is 10.3 Å². The molecule has 13 heavy (non-hydrogen) atoms. The van der Waals surface area contributed by atoms with Gasteiger partial charge in [-0.25, -0.2) is 4.98 Å². The smallest absolute Gasteiger partial charge is 0.267 e. The summed E-state index contributed by atoms with van der Waals surface area (Å²) in [5, 5.41) is 1.01. The van der Waals surface area contributed by atoms with Crippen molar-refractivity contribution in [1.82, 2.24) is 9.55 Å². The van der Waals surface area contributed by atoms with Crippen LogP contribution in [0.5, 0.6) is 0 Å². The molecule has 2 heterocycles. The van der Waals surface area contributed by atoms with E-state index in [9.17, 15) is 4.79 Å². The van der Waals surface area contributed by atoms with E-state index in [2.05, 4.69) is 4.98 Å². The Morgan fingerprint density at radius 2 is 2.23 bits per heavy atom. The Bertz CT molecular complexity index is 473. The first-order valence-electron chi connectivity index (χ1n) is 3.90. The number of amides is 1. The lowest BCUT2D eigenvalue weighted by molar-refractivity contribution is 0.0996. The van der Waals surface area contributed by atoms with Gasteiger partial charge in [-0.2, -0.15) is 0 Å². The van der Waals surface area contributed by atoms with Gasteiger partial charge in [0.2, 0.25) is 0 Å². The number of nitrogens with two attached hydrogens (primary N) is 1. The van der Waals surface area contributed by atoms with Gasteiger partial charge in [0.25, 0.3) is 5.91 Å². The molecule has 0 unspecified atom stereocenters. The highest BCUT2D eigenvalue weighted by atomic mass is 16.1. The van der Waals surface area contributed by atoms with Crippen molar-refractivity contribution in [2.45, 2.75) is 0 Å². The molecule has 2 N–H and O–H groups in total. The van der Waals surface area contributed by atoms with Crippen molar-refractivity contribution in [3.8, 4) is 0 Å². The van der Waals surface area contributed by atoms with Crippen LogP contribution in [0.4, 0.5) is 0 Å². The van der Waals surface area contributed by atoms with Crippen LogP contribution in [-0.4, -0.2) is 15.5 Å². The van der Waals surface area contributed by atoms with Crippen molar-refractivity contribution in [1.29, 1.82) is 0 Å². The van der Waals surface area contributed by atoms with E-state index in [-0.39, 0.29) is 0 Å². The van der Waals surface area contributed by atoms with E-state index in [1.807, 2.05) is 29.9 Å². The van der Waals surface area contributed by atoms with Gasteiger partial charge in [0.1, 0.15) is 11.3 Å². The zero-order valence-corrected chi connectivity index (χ0v) is 7.19. The first-order chi connectivity index (χ1) is 6.18. The fourth-order valence-electron chi connectivity index (χ4n) is 1.27. The molecule has 0 spiro atoms. The van der Waals surface area contributed by atoms with Crippen LogP contribution in [0.2, 0.25) is 0 Å². The second kappa shape index (κ2) is 2.58. The molecule has 4 nitrogen and oxygen atoms in total. The third kappa shape index (κ3) is 1.16. The number of hydrogen-bond acceptors (Lipinski definition) is 2. The molecule has 0 fully saturated rings. The summed E-state index contributed by atoms with van der Waals surface area (Å²) in [5.41, 5.74) is 6.19. The summed E-state index contributed by atoms with van der Waals surface area (Å²) in [7, 11) is 1.88. The Hall–Kier alpha value is -1.84. The van der Waals surface area contributed by atoms with Gasteiger partial charge in [0.15, 0.2) is 0 Å². The molecule has 0 bridgehead atoms. The minimum absolute atomic E-state index is 0.300. The zero-order valence-electron chi connectivity index (χ0n) is 7.19. The first kappa shape index (κ1) is 7.79. The van der Waals surface area contributed by atoms with E-state index >= 15 is 0 Å². The molecule has 0 aliphatic rings. The molecule has 2 aromatic rings. The molecule has 1 amide bonds. The van der Waals surface area contributed by atoms with Gasteiger partial charge in [-0.15, -0.1) is 0 Å². The molecule has 0 aliphatic heterocycles. The monoisotopic (exact) mass is 175 g/mol. The molecule has 0 saturated heterocycles. The molecular weight excluding hydrogens is 166 g/mol. The molecule has 2 aromatic heterocycles. The number of aryl methyl sites for hydroxylation is 1. The SMILES string of the molecule is Cn1ccc2ccc(C(N)=O)nc21. The maximum Gasteiger partial charge on any atom is 0.267 e. The standard InChI is InChI=1S/C9H9N3O/c1-12-5-4-6-2-3-7(8(10)13)11-9(6)12/h2-5H,1H3,(H2,10,13). The van der Waals surface area contributed by atoms with Crippen LogP contribution in [-0.2, 0) is 7.05 Å². The normalized spacial score (nSPS) is 10.5. The van der Waals surface area contributed by atoms with Crippen molar-refractivity contribution in [2.75, 3.05) is 0 Å². The average molecular weight is 175 g/mol. The maximum atomic E-state index is 10.8. The molecule has 0 saturated carbocycles. The summed E-state index contributed by atoms with van der Waals surface area (Å²) in [6.07, 6.45) is 1.89. The predicted octanol–water partition coefficient (Wildman–Crippen LogP) is 0.672. The quantitative estimate of drug-likeness (QED) is 0.692. The highest BCUT2D eigenvalue weighted by Crippen LogP contribution is 2.12. The van der Waals surface area contributed by atoms with Crippen LogP contribution in [0, 0.1) is 0 Å². The van der Waals surface area contributed by atoms with E-state index in [1.165, 1.54) is 0 Å². The van der Waals surface area contributed by atoms with Crippen molar-refractivity contribution < 1.29 is 4.79 Å². The number of carbonyl (C=O) groups excluding carboxylic acids is 1. The Kier molecular flexibility index (Phi) is 1.55. The van der Waals surface area contributed by atoms with Gasteiger partial charge in [0.05, 0.1) is 0 Å². The first-order valence-corrected chi connectivity index (χ1v) is 3.90. The van der Waals surface area contributed by atoms with E-state index < -0.39 is 5.91 Å². The predicted molar refractivity (Wildman–Crippen MR) is 49.2 cm³/mol. The Morgan fingerprint density at radius 1 is 1.46 bits per heavy atom. The van der Waals surface area contributed by atoms with E-state index in [0.29, 0.717) is 5.69 Å². The maximum absolute atomic E-state index is 10.8. The summed E-state index contributed by atoms with van der Waals surface area (Å²) in [5.74, 6) is -0.497. The fourth-order valence-corrected chi connectivity index (χ4v) is 1.27. The average Bonchev–Trinajstić information content (AvgIpc) is 2.47. The number of hydrogen-bond donors (Lipinski definition) is 1. The minimum Gasteiger partial charge on any atom is -0.364 e. The number of fused-ring (bicyclic) bond motifs is 1. The number of carbonyl (C=O) groups is 1. The lowest BCUT2D eigenvalue weighted by Gasteiger charge is -1.97. The van der Waals surface area contributed by atoms with Gasteiger partial charge in [-0.1, -0.05) is 0 Å². The van der Waals surface area contributed by atoms with Gasteiger partial charge in [0, 0.05) is 18.6 Å². The summed E-state index contributed by atoms with van der Waals surface area (Å²) in [4.78, 5) is 15.0. The molecule has 66 valence electrons. The van der Waals surface area contributed by atoms with Gasteiger partial charge >= 0.3 is 0 Å². The van der Waals surface area contributed by atoms with E-state index in [4.69, 9.17) is 5.73 Å². The van der Waals surface area contributed by atoms with Crippen molar-refractivity contribution in [3.05, 3.63) is 30.1 Å². The summed E-state index contributed by atoms with van der Waals surface area (Å²) in [6.45, 7) is 0. The van der Waals surface area contributed by atoms with Crippen LogP contribution in [0.15, 0.2) is 24.4 Å². The Morgan fingerprint density at radius 3 is 2.92 bits per heavy atom. The van der Waals surface area contributed by atoms with Crippen LogP contribution in [0.25, 0.3) is 11.0 Å². The topological polar surface area (TPSA) is 60.9 Å². The Labute approximate surface area is 75.0 Å². The Balaban J connectivity index is 2.72. The zero-order chi connectivity index (χ0) is 9.42. The lowest BCUT2D eigenvalue weighted by atomic mass is 10.3. The number of nitrogens with zero attached hydrogens (tertiary/aromatic N) is 2. The molecular formula is C9H9N3O. The van der Waals surface area contributed by atoms with E-state index in [0.717, 1.165) is 11.0 Å². The van der Waals surface area contributed by atoms with Crippen LogP contribution >= 0.6 is 0 Å². The number of pyridine rings is 1. The summed E-state index contributed by atoms with van der Waals surface area (Å²) < 4.78 is 1.85. The molecule has 0 aliphatic carbocycles. The van der Waals surface area contributed by atoms with Crippen molar-refractivity contribution >= 4 is 16.9 Å². The van der Waals surface area contributed by atoms with Gasteiger partial charge in [-0.05, 0) is 18.2 Å². The number of rotatable bonds is 1. The second-order valence-electron chi connectivity index (χ2n) is 2.90. The van der Waals surface area contributed by atoms with Crippen molar-refractivity contribution in [2.24, 2.45) is 12.8 Å². The van der Waals surface area contributed by atoms with Crippen molar-refractivity contribution in [3.63, 3.8) is 0 Å². The van der Waals surface area contributed by atoms with Gasteiger partial charge in [-0.3, -0.25) is 4.79 Å². The van der Waals surface area contributed by atoms with E-state index in [1.54, 1.807) is 6.07 Å². The second-order valence-corrected chi connectivity index (χ2v) is 2.90. The highest BCUT2D eigenvalue weighted by Gasteiger charge is 2.04. The largest absolute Gasteiger partial charge is 0.364 e. The third-order valence-corrected chi connectivity index (χ3v) is 1.97.